The van der Waals surface area contributed by atoms with Gasteiger partial charge in [-0.15, -0.1) is 0 Å². The van der Waals surface area contributed by atoms with Crippen LogP contribution in [0, 0.1) is 6.92 Å². The third-order valence-corrected chi connectivity index (χ3v) is 2.61. The third-order valence-electron chi connectivity index (χ3n) is 2.61. The molecule has 1 heterocycles. The number of nitrogen functional groups attached to an aromatic ring is 1. The van der Waals surface area contributed by atoms with Gasteiger partial charge in [0.05, 0.1) is 23.1 Å². The summed E-state index contributed by atoms with van der Waals surface area (Å²) in [7, 11) is 0. The predicted octanol–water partition coefficient (Wildman–Crippen LogP) is 2.23. The van der Waals surface area contributed by atoms with Crippen LogP contribution in [0.3, 0.4) is 0 Å². The first-order valence-electron chi connectivity index (χ1n) is 6.11. The fourth-order valence-electron chi connectivity index (χ4n) is 1.79. The Kier molecular flexibility index (Phi) is 4.94. The summed E-state index contributed by atoms with van der Waals surface area (Å²) >= 11 is 0. The van der Waals surface area contributed by atoms with Crippen LogP contribution in [-0.4, -0.2) is 28.9 Å². The maximum absolute atomic E-state index is 12.3. The zero-order valence-electron chi connectivity index (χ0n) is 10.9. The van der Waals surface area contributed by atoms with E-state index < -0.39 is 0 Å². The van der Waals surface area contributed by atoms with Crippen molar-refractivity contribution >= 4 is 11.6 Å². The first-order chi connectivity index (χ1) is 8.10. The molecule has 4 nitrogen and oxygen atoms in total. The summed E-state index contributed by atoms with van der Waals surface area (Å²) in [5, 5.41) is 0. The molecule has 1 aromatic heterocycles. The van der Waals surface area contributed by atoms with Gasteiger partial charge in [-0.05, 0) is 25.8 Å². The lowest BCUT2D eigenvalue weighted by molar-refractivity contribution is 0.0754. The van der Waals surface area contributed by atoms with Crippen LogP contribution in [0.25, 0.3) is 0 Å². The Hall–Kier alpha value is -1.58. The number of nitrogens with zero attached hydrogens (tertiary/aromatic N) is 2. The Labute approximate surface area is 103 Å². The number of anilines is 1. The van der Waals surface area contributed by atoms with Crippen molar-refractivity contribution in [2.75, 3.05) is 18.8 Å². The normalized spacial score (nSPS) is 10.3. The van der Waals surface area contributed by atoms with Crippen LogP contribution in [0.4, 0.5) is 5.69 Å². The van der Waals surface area contributed by atoms with Gasteiger partial charge in [0, 0.05) is 13.1 Å². The first-order valence-corrected chi connectivity index (χ1v) is 6.11. The smallest absolute Gasteiger partial charge is 0.255 e. The quantitative estimate of drug-likeness (QED) is 0.851. The highest BCUT2D eigenvalue weighted by Gasteiger charge is 2.17. The molecule has 1 aromatic rings. The zero-order chi connectivity index (χ0) is 12.8. The number of aryl methyl sites for hydroxylation is 1. The van der Waals surface area contributed by atoms with Crippen molar-refractivity contribution in [3.8, 4) is 0 Å². The second kappa shape index (κ2) is 6.23. The molecule has 0 bridgehead atoms. The van der Waals surface area contributed by atoms with Gasteiger partial charge in [0.2, 0.25) is 0 Å². The molecule has 0 atom stereocenters. The molecule has 4 heteroatoms. The monoisotopic (exact) mass is 235 g/mol. The molecule has 94 valence electrons. The molecule has 1 rings (SSSR count). The van der Waals surface area contributed by atoms with Crippen LogP contribution in [0.15, 0.2) is 12.3 Å². The van der Waals surface area contributed by atoms with Gasteiger partial charge >= 0.3 is 0 Å². The number of rotatable bonds is 5. The molecule has 0 aliphatic rings. The second-order valence-electron chi connectivity index (χ2n) is 4.19. The van der Waals surface area contributed by atoms with Crippen LogP contribution in [0.5, 0.6) is 0 Å². The van der Waals surface area contributed by atoms with E-state index in [9.17, 15) is 4.79 Å². The number of carbonyl (C=O) groups is 1. The van der Waals surface area contributed by atoms with Crippen molar-refractivity contribution in [1.29, 1.82) is 0 Å². The van der Waals surface area contributed by atoms with E-state index >= 15 is 0 Å². The summed E-state index contributed by atoms with van der Waals surface area (Å²) in [5.74, 6) is 0.0333. The van der Waals surface area contributed by atoms with Crippen molar-refractivity contribution in [2.45, 2.75) is 33.6 Å². The van der Waals surface area contributed by atoms with Gasteiger partial charge in [0.1, 0.15) is 0 Å². The van der Waals surface area contributed by atoms with Crippen LogP contribution in [0.1, 0.15) is 42.7 Å². The van der Waals surface area contributed by atoms with Crippen LogP contribution in [0.2, 0.25) is 0 Å². The van der Waals surface area contributed by atoms with Gasteiger partial charge in [-0.25, -0.2) is 0 Å². The molecule has 0 aliphatic carbocycles. The van der Waals surface area contributed by atoms with Gasteiger partial charge < -0.3 is 10.6 Å². The van der Waals surface area contributed by atoms with Crippen molar-refractivity contribution in [3.63, 3.8) is 0 Å². The highest BCUT2D eigenvalue weighted by molar-refractivity contribution is 5.96. The van der Waals surface area contributed by atoms with E-state index in [0.29, 0.717) is 11.3 Å². The molecule has 0 saturated heterocycles. The molecular formula is C13H21N3O. The molecule has 0 unspecified atom stereocenters. The predicted molar refractivity (Wildman–Crippen MR) is 69.9 cm³/mol. The largest absolute Gasteiger partial charge is 0.397 e. The number of amides is 1. The average molecular weight is 235 g/mol. The molecular weight excluding hydrogens is 214 g/mol. The van der Waals surface area contributed by atoms with Crippen molar-refractivity contribution in [1.82, 2.24) is 9.88 Å². The lowest BCUT2D eigenvalue weighted by Crippen LogP contribution is -2.33. The SMILES string of the molecule is CCCN(CCC)C(=O)c1cc(N)cnc1C. The summed E-state index contributed by atoms with van der Waals surface area (Å²) in [5.41, 5.74) is 7.57. The maximum Gasteiger partial charge on any atom is 0.255 e. The standard InChI is InChI=1S/C13H21N3O/c1-4-6-16(7-5-2)13(17)12-8-11(14)9-15-10(12)3/h8-9H,4-7,14H2,1-3H3. The van der Waals surface area contributed by atoms with Crippen molar-refractivity contribution in [2.24, 2.45) is 0 Å². The molecule has 0 spiro atoms. The average Bonchev–Trinajstić information content (AvgIpc) is 2.31. The Morgan fingerprint density at radius 1 is 1.35 bits per heavy atom. The van der Waals surface area contributed by atoms with Gasteiger partial charge in [-0.2, -0.15) is 0 Å². The zero-order valence-corrected chi connectivity index (χ0v) is 10.9. The number of hydrogen-bond acceptors (Lipinski definition) is 3. The molecule has 1 amide bonds. The topological polar surface area (TPSA) is 59.2 Å². The Morgan fingerprint density at radius 2 is 1.94 bits per heavy atom. The van der Waals surface area contributed by atoms with Gasteiger partial charge in [0.25, 0.3) is 5.91 Å². The lowest BCUT2D eigenvalue weighted by atomic mass is 10.1. The second-order valence-corrected chi connectivity index (χ2v) is 4.19. The number of pyridine rings is 1. The molecule has 2 N–H and O–H groups in total. The minimum Gasteiger partial charge on any atom is -0.397 e. The van der Waals surface area contributed by atoms with Gasteiger partial charge in [-0.1, -0.05) is 13.8 Å². The van der Waals surface area contributed by atoms with Crippen LogP contribution >= 0.6 is 0 Å². The highest BCUT2D eigenvalue weighted by Crippen LogP contribution is 2.13. The lowest BCUT2D eigenvalue weighted by Gasteiger charge is -2.22. The van der Waals surface area contributed by atoms with E-state index in [-0.39, 0.29) is 5.91 Å². The molecule has 0 aromatic carbocycles. The van der Waals surface area contributed by atoms with Crippen molar-refractivity contribution in [3.05, 3.63) is 23.5 Å². The molecule has 0 fully saturated rings. The summed E-state index contributed by atoms with van der Waals surface area (Å²) in [6, 6.07) is 1.71. The first kappa shape index (κ1) is 13.5. The highest BCUT2D eigenvalue weighted by atomic mass is 16.2. The molecule has 17 heavy (non-hydrogen) atoms. The molecule has 0 saturated carbocycles. The van der Waals surface area contributed by atoms with Gasteiger partial charge in [0.15, 0.2) is 0 Å². The fourth-order valence-corrected chi connectivity index (χ4v) is 1.79. The number of aromatic nitrogens is 1. The third kappa shape index (κ3) is 3.44. The Balaban J connectivity index is 2.95. The molecule has 0 aliphatic heterocycles. The molecule has 0 radical (unpaired) electrons. The Bertz CT molecular complexity index is 384. The number of nitrogens with two attached hydrogens (primary N) is 1. The number of hydrogen-bond donors (Lipinski definition) is 1. The van der Waals surface area contributed by atoms with E-state index in [1.165, 1.54) is 0 Å². The van der Waals surface area contributed by atoms with Crippen molar-refractivity contribution < 1.29 is 4.79 Å². The van der Waals surface area contributed by atoms with E-state index in [4.69, 9.17) is 5.73 Å². The number of carbonyl (C=O) groups excluding carboxylic acids is 1. The van der Waals surface area contributed by atoms with Crippen LogP contribution in [-0.2, 0) is 0 Å². The summed E-state index contributed by atoms with van der Waals surface area (Å²) < 4.78 is 0. The van der Waals surface area contributed by atoms with E-state index in [0.717, 1.165) is 31.6 Å². The summed E-state index contributed by atoms with van der Waals surface area (Å²) in [6.45, 7) is 7.53. The Morgan fingerprint density at radius 3 is 2.47 bits per heavy atom. The minimum absolute atomic E-state index is 0.0333. The van der Waals surface area contributed by atoms with E-state index in [1.807, 2.05) is 11.8 Å². The van der Waals surface area contributed by atoms with E-state index in [2.05, 4.69) is 18.8 Å². The minimum atomic E-state index is 0.0333. The summed E-state index contributed by atoms with van der Waals surface area (Å²) in [4.78, 5) is 18.3. The van der Waals surface area contributed by atoms with Crippen LogP contribution < -0.4 is 5.73 Å². The fraction of sp³-hybridized carbons (Fsp3) is 0.538. The van der Waals surface area contributed by atoms with E-state index in [1.54, 1.807) is 12.3 Å². The van der Waals surface area contributed by atoms with Gasteiger partial charge in [-0.3, -0.25) is 9.78 Å². The summed E-state index contributed by atoms with van der Waals surface area (Å²) in [6.07, 6.45) is 3.50. The maximum atomic E-state index is 12.3.